The Balaban J connectivity index is 0.000000534. The molecule has 0 bridgehead atoms. The fraction of sp³-hybridized carbons (Fsp3) is 0.882. The van der Waals surface area contributed by atoms with Crippen LogP contribution in [0.25, 0.3) is 0 Å². The molecule has 0 aliphatic carbocycles. The summed E-state index contributed by atoms with van der Waals surface area (Å²) in [5.74, 6) is 0.811. The van der Waals surface area contributed by atoms with Gasteiger partial charge in [0.2, 0.25) is 0 Å². The molecule has 1 saturated heterocycles. The number of carbonyl (C=O) groups is 2. The van der Waals surface area contributed by atoms with E-state index in [0.717, 1.165) is 25.9 Å². The fourth-order valence-corrected chi connectivity index (χ4v) is 2.10. The molecule has 1 atom stereocenters. The van der Waals surface area contributed by atoms with Crippen molar-refractivity contribution in [2.24, 2.45) is 17.1 Å². The van der Waals surface area contributed by atoms with Gasteiger partial charge in [-0.25, -0.2) is 0 Å². The number of nitrogens with one attached hydrogen (secondary N) is 1. The average Bonchev–Trinajstić information content (AvgIpc) is 2.38. The van der Waals surface area contributed by atoms with Crippen molar-refractivity contribution in [1.29, 1.82) is 0 Å². The van der Waals surface area contributed by atoms with Gasteiger partial charge in [-0.3, -0.25) is 9.59 Å². The highest BCUT2D eigenvalue weighted by Crippen LogP contribution is 2.22. The van der Waals surface area contributed by atoms with Crippen molar-refractivity contribution in [2.75, 3.05) is 13.1 Å². The predicted octanol–water partition coefficient (Wildman–Crippen LogP) is 2.28. The molecule has 0 saturated carbocycles. The van der Waals surface area contributed by atoms with Crippen molar-refractivity contribution in [2.45, 2.75) is 72.4 Å². The van der Waals surface area contributed by atoms with Crippen LogP contribution in [0.4, 0.5) is 0 Å². The molecular weight excluding hydrogens is 280 g/mol. The Labute approximate surface area is 135 Å². The van der Waals surface area contributed by atoms with Gasteiger partial charge >= 0.3 is 0 Å². The molecule has 1 heterocycles. The van der Waals surface area contributed by atoms with Gasteiger partial charge in [-0.05, 0) is 52.6 Å². The first-order chi connectivity index (χ1) is 9.97. The van der Waals surface area contributed by atoms with Gasteiger partial charge in [0, 0.05) is 17.9 Å². The highest BCUT2D eigenvalue weighted by Gasteiger charge is 2.27. The van der Waals surface area contributed by atoms with E-state index in [-0.39, 0.29) is 22.8 Å². The van der Waals surface area contributed by atoms with Crippen molar-refractivity contribution in [1.82, 2.24) is 5.32 Å². The highest BCUT2D eigenvalue weighted by atomic mass is 16.5. The van der Waals surface area contributed by atoms with E-state index in [1.165, 1.54) is 0 Å². The van der Waals surface area contributed by atoms with Crippen molar-refractivity contribution in [3.05, 3.63) is 0 Å². The molecule has 5 nitrogen and oxygen atoms in total. The summed E-state index contributed by atoms with van der Waals surface area (Å²) in [6.45, 7) is 13.9. The lowest BCUT2D eigenvalue weighted by atomic mass is 9.82. The van der Waals surface area contributed by atoms with Crippen LogP contribution in [0.2, 0.25) is 0 Å². The van der Waals surface area contributed by atoms with E-state index in [4.69, 9.17) is 5.73 Å². The van der Waals surface area contributed by atoms with Crippen LogP contribution < -0.4 is 11.1 Å². The molecule has 1 aliphatic rings. The van der Waals surface area contributed by atoms with Crippen LogP contribution in [-0.2, 0) is 14.3 Å². The highest BCUT2D eigenvalue weighted by molar-refractivity contribution is 5.84. The Bertz CT molecular complexity index is 337. The van der Waals surface area contributed by atoms with E-state index in [1.54, 1.807) is 0 Å². The number of nitrogens with two attached hydrogens (primary N) is 1. The third-order valence-electron chi connectivity index (χ3n) is 3.65. The molecule has 0 radical (unpaired) electrons. The molecule has 1 unspecified atom stereocenters. The number of hydrogen-bond acceptors (Lipinski definition) is 5. The second-order valence-electron chi connectivity index (χ2n) is 7.96. The molecule has 3 N–H and O–H groups in total. The van der Waals surface area contributed by atoms with Crippen molar-refractivity contribution in [3.63, 3.8) is 0 Å². The summed E-state index contributed by atoms with van der Waals surface area (Å²) in [5, 5.41) is 3.31. The summed E-state index contributed by atoms with van der Waals surface area (Å²) >= 11 is 0. The number of ether oxygens (including phenoxy) is 1. The number of Topliss-reactive ketones (excluding diaryl/α,β-unsaturated/α-hetero) is 1. The van der Waals surface area contributed by atoms with E-state index in [0.29, 0.717) is 18.8 Å². The van der Waals surface area contributed by atoms with Gasteiger partial charge in [0.25, 0.3) is 6.47 Å². The van der Waals surface area contributed by atoms with Crippen LogP contribution in [0, 0.1) is 11.3 Å². The lowest BCUT2D eigenvalue weighted by Crippen LogP contribution is -2.41. The normalized spacial score (nSPS) is 18.0. The van der Waals surface area contributed by atoms with Gasteiger partial charge in [-0.1, -0.05) is 20.8 Å². The third-order valence-corrected chi connectivity index (χ3v) is 3.65. The monoisotopic (exact) mass is 314 g/mol. The van der Waals surface area contributed by atoms with Crippen molar-refractivity contribution in [3.8, 4) is 0 Å². The van der Waals surface area contributed by atoms with Gasteiger partial charge in [-0.15, -0.1) is 0 Å². The quantitative estimate of drug-likeness (QED) is 0.778. The molecule has 1 aliphatic heterocycles. The summed E-state index contributed by atoms with van der Waals surface area (Å²) < 4.78 is 4.55. The third kappa shape index (κ3) is 9.90. The van der Waals surface area contributed by atoms with Gasteiger partial charge in [-0.2, -0.15) is 0 Å². The van der Waals surface area contributed by atoms with Crippen LogP contribution >= 0.6 is 0 Å². The van der Waals surface area contributed by atoms with Crippen molar-refractivity contribution < 1.29 is 14.3 Å². The maximum atomic E-state index is 11.8. The second-order valence-corrected chi connectivity index (χ2v) is 7.96. The molecule has 0 aromatic rings. The molecular formula is C17H34N2O3. The molecule has 1 rings (SSSR count). The molecule has 0 spiro atoms. The molecule has 5 heteroatoms. The summed E-state index contributed by atoms with van der Waals surface area (Å²) in [7, 11) is 0. The molecule has 0 aromatic carbocycles. The Morgan fingerprint density at radius 3 is 2.05 bits per heavy atom. The minimum Gasteiger partial charge on any atom is -0.462 e. The molecule has 1 fully saturated rings. The first kappa shape index (κ1) is 21.1. The number of piperidine rings is 1. The Kier molecular flexibility index (Phi) is 8.86. The number of rotatable bonds is 4. The van der Waals surface area contributed by atoms with Gasteiger partial charge in [0.1, 0.15) is 11.4 Å². The van der Waals surface area contributed by atoms with E-state index >= 15 is 0 Å². The van der Waals surface area contributed by atoms with Crippen LogP contribution in [0.3, 0.4) is 0 Å². The molecule has 22 heavy (non-hydrogen) atoms. The maximum Gasteiger partial charge on any atom is 0.293 e. The first-order valence-corrected chi connectivity index (χ1v) is 8.08. The minimum atomic E-state index is -0.318. The summed E-state index contributed by atoms with van der Waals surface area (Å²) in [6.07, 6.45) is 2.76. The zero-order valence-corrected chi connectivity index (χ0v) is 15.1. The summed E-state index contributed by atoms with van der Waals surface area (Å²) in [5.41, 5.74) is 5.53. The number of ketones is 1. The predicted molar refractivity (Wildman–Crippen MR) is 89.6 cm³/mol. The standard InChI is InChI=1S/C12H24N2O.C5H10O2/c1-12(2,3)11(15)8-10(13)9-4-6-14-7-5-9;1-5(2,3)7-4-6/h9-10,14H,4-8,13H2,1-3H3;4H,1-3H3. The molecule has 0 amide bonds. The van der Waals surface area contributed by atoms with Gasteiger partial charge in [0.15, 0.2) is 0 Å². The lowest BCUT2D eigenvalue weighted by Gasteiger charge is -2.29. The van der Waals surface area contributed by atoms with E-state index in [1.807, 2.05) is 41.5 Å². The number of hydrogen-bond donors (Lipinski definition) is 2. The molecule has 0 aromatic heterocycles. The topological polar surface area (TPSA) is 81.4 Å². The summed E-state index contributed by atoms with van der Waals surface area (Å²) in [6, 6.07) is 0.0545. The van der Waals surface area contributed by atoms with E-state index < -0.39 is 0 Å². The molecule has 130 valence electrons. The SMILES string of the molecule is CC(C)(C)C(=O)CC(N)C1CCNCC1.CC(C)(C)OC=O. The van der Waals surface area contributed by atoms with Gasteiger partial charge in [0.05, 0.1) is 0 Å². The first-order valence-electron chi connectivity index (χ1n) is 8.08. The lowest BCUT2D eigenvalue weighted by molar-refractivity contribution is -0.138. The number of carbonyl (C=O) groups excluding carboxylic acids is 2. The largest absolute Gasteiger partial charge is 0.462 e. The smallest absolute Gasteiger partial charge is 0.293 e. The van der Waals surface area contributed by atoms with Crippen LogP contribution in [0.15, 0.2) is 0 Å². The Morgan fingerprint density at radius 2 is 1.73 bits per heavy atom. The Morgan fingerprint density at radius 1 is 1.23 bits per heavy atom. The van der Waals surface area contributed by atoms with Crippen LogP contribution in [-0.4, -0.2) is 37.0 Å². The fourth-order valence-electron chi connectivity index (χ4n) is 2.10. The Hall–Kier alpha value is -0.940. The second kappa shape index (κ2) is 9.26. The van der Waals surface area contributed by atoms with Gasteiger partial charge < -0.3 is 15.8 Å². The van der Waals surface area contributed by atoms with E-state index in [9.17, 15) is 9.59 Å². The minimum absolute atomic E-state index is 0.0545. The average molecular weight is 314 g/mol. The van der Waals surface area contributed by atoms with E-state index in [2.05, 4.69) is 10.1 Å². The zero-order valence-electron chi connectivity index (χ0n) is 15.1. The van der Waals surface area contributed by atoms with Crippen LogP contribution in [0.5, 0.6) is 0 Å². The van der Waals surface area contributed by atoms with Crippen LogP contribution in [0.1, 0.15) is 60.8 Å². The maximum absolute atomic E-state index is 11.8. The van der Waals surface area contributed by atoms with Crippen molar-refractivity contribution >= 4 is 12.3 Å². The zero-order chi connectivity index (χ0) is 17.4. The summed E-state index contributed by atoms with van der Waals surface area (Å²) in [4.78, 5) is 21.4.